The van der Waals surface area contributed by atoms with E-state index < -0.39 is 11.6 Å². The molecule has 1 heterocycles. The lowest BCUT2D eigenvalue weighted by atomic mass is 9.73. The average molecular weight is 532 g/mol. The molecule has 4 atom stereocenters. The van der Waals surface area contributed by atoms with Gasteiger partial charge in [-0.05, 0) is 80.5 Å². The van der Waals surface area contributed by atoms with Crippen molar-refractivity contribution in [3.8, 4) is 0 Å². The molecular weight excluding hydrogens is 502 g/mol. The van der Waals surface area contributed by atoms with Crippen LogP contribution in [0, 0.1) is 5.92 Å². The maximum absolute atomic E-state index is 14.2. The van der Waals surface area contributed by atoms with Gasteiger partial charge in [0.2, 0.25) is 0 Å². The third kappa shape index (κ3) is 4.54. The van der Waals surface area contributed by atoms with Gasteiger partial charge in [-0.25, -0.2) is 4.79 Å². The van der Waals surface area contributed by atoms with Gasteiger partial charge in [-0.3, -0.25) is 4.79 Å². The Kier molecular flexibility index (Phi) is 6.30. The van der Waals surface area contributed by atoms with Crippen LogP contribution in [-0.2, 0) is 16.0 Å². The second kappa shape index (κ2) is 9.27. The van der Waals surface area contributed by atoms with Crippen LogP contribution in [0.25, 0.3) is 0 Å². The lowest BCUT2D eigenvalue weighted by Crippen LogP contribution is -2.46. The molecule has 0 aromatic heterocycles. The predicted molar refractivity (Wildman–Crippen MR) is 140 cm³/mol. The van der Waals surface area contributed by atoms with Gasteiger partial charge in [0.05, 0.1) is 6.04 Å². The highest BCUT2D eigenvalue weighted by Gasteiger charge is 2.57. The summed E-state index contributed by atoms with van der Waals surface area (Å²) in [7, 11) is 0. The summed E-state index contributed by atoms with van der Waals surface area (Å²) in [5.74, 6) is -0.518. The molecule has 1 aliphatic heterocycles. The van der Waals surface area contributed by atoms with Crippen molar-refractivity contribution >= 4 is 27.8 Å². The largest absolute Gasteiger partial charge is 0.458 e. The first kappa shape index (κ1) is 23.8. The number of esters is 1. The van der Waals surface area contributed by atoms with Gasteiger partial charge in [0.25, 0.3) is 5.91 Å². The van der Waals surface area contributed by atoms with Crippen molar-refractivity contribution < 1.29 is 14.3 Å². The number of likely N-dealkylation sites (tertiary alicyclic amines) is 1. The first-order chi connectivity index (χ1) is 16.7. The number of nitrogens with zero attached hydrogens (tertiary/aromatic N) is 1. The Morgan fingerprint density at radius 1 is 0.914 bits per heavy atom. The number of hydrogen-bond donors (Lipinski definition) is 0. The molecule has 3 aromatic rings. The lowest BCUT2D eigenvalue weighted by molar-refractivity contribution is -0.160. The summed E-state index contributed by atoms with van der Waals surface area (Å²) in [5, 5.41) is 0. The summed E-state index contributed by atoms with van der Waals surface area (Å²) in [4.78, 5) is 29.9. The van der Waals surface area contributed by atoms with Gasteiger partial charge >= 0.3 is 5.97 Å². The number of ether oxygens (including phenoxy) is 1. The number of rotatable bonds is 3. The molecule has 0 saturated carbocycles. The van der Waals surface area contributed by atoms with Gasteiger partial charge in [-0.2, -0.15) is 0 Å². The van der Waals surface area contributed by atoms with E-state index in [0.717, 1.165) is 28.4 Å². The zero-order chi connectivity index (χ0) is 24.7. The molecule has 4 nitrogen and oxygen atoms in total. The van der Waals surface area contributed by atoms with Gasteiger partial charge in [-0.15, -0.1) is 0 Å². The van der Waals surface area contributed by atoms with E-state index in [2.05, 4.69) is 46.3 Å². The van der Waals surface area contributed by atoms with Crippen LogP contribution in [0.4, 0.5) is 0 Å². The Morgan fingerprint density at radius 3 is 2.26 bits per heavy atom. The molecule has 5 rings (SSSR count). The smallest absolute Gasteiger partial charge is 0.330 e. The number of fused-ring (bicyclic) bond motifs is 3. The van der Waals surface area contributed by atoms with Crippen molar-refractivity contribution in [1.29, 1.82) is 0 Å². The van der Waals surface area contributed by atoms with Crippen LogP contribution in [0.5, 0.6) is 0 Å². The Balaban J connectivity index is 1.69. The molecule has 0 unspecified atom stereocenters. The van der Waals surface area contributed by atoms with Gasteiger partial charge in [-0.1, -0.05) is 70.5 Å². The van der Waals surface area contributed by atoms with Crippen LogP contribution >= 0.6 is 15.9 Å². The summed E-state index contributed by atoms with van der Waals surface area (Å²) in [5.41, 5.74) is 3.37. The van der Waals surface area contributed by atoms with Gasteiger partial charge in [0, 0.05) is 16.0 Å². The Labute approximate surface area is 215 Å². The van der Waals surface area contributed by atoms with E-state index in [1.807, 2.05) is 74.2 Å². The zero-order valence-electron chi connectivity index (χ0n) is 20.3. The maximum Gasteiger partial charge on any atom is 0.330 e. The summed E-state index contributed by atoms with van der Waals surface area (Å²) in [6.07, 6.45) is 1.84. The molecule has 35 heavy (non-hydrogen) atoms. The number of halogens is 1. The number of carbonyl (C=O) groups is 2. The molecule has 0 bridgehead atoms. The molecule has 1 amide bonds. The third-order valence-electron chi connectivity index (χ3n) is 7.09. The Bertz CT molecular complexity index is 1230. The number of amides is 1. The fraction of sp³-hybridized carbons (Fsp3) is 0.333. The van der Waals surface area contributed by atoms with E-state index in [1.54, 1.807) is 0 Å². The Hall–Kier alpha value is -2.92. The van der Waals surface area contributed by atoms with Crippen LogP contribution in [0.3, 0.4) is 0 Å². The van der Waals surface area contributed by atoms with E-state index in [0.29, 0.717) is 5.56 Å². The van der Waals surface area contributed by atoms with Crippen molar-refractivity contribution in [3.05, 3.63) is 106 Å². The molecule has 1 fully saturated rings. The topological polar surface area (TPSA) is 46.6 Å². The second-order valence-electron chi connectivity index (χ2n) is 10.5. The molecule has 2 aliphatic rings. The quantitative estimate of drug-likeness (QED) is 0.353. The van der Waals surface area contributed by atoms with Crippen molar-refractivity contribution in [3.63, 3.8) is 0 Å². The summed E-state index contributed by atoms with van der Waals surface area (Å²) >= 11 is 3.46. The number of carbonyl (C=O) groups excluding carboxylic acids is 2. The van der Waals surface area contributed by atoms with Gasteiger partial charge < -0.3 is 9.64 Å². The summed E-state index contributed by atoms with van der Waals surface area (Å²) < 4.78 is 6.87. The van der Waals surface area contributed by atoms with Crippen molar-refractivity contribution in [1.82, 2.24) is 4.90 Å². The molecule has 180 valence electrons. The first-order valence-electron chi connectivity index (χ1n) is 12.2. The fourth-order valence-electron chi connectivity index (χ4n) is 5.79. The standard InChI is InChI=1S/C30H30BrNO3/c1-30(2,3)35-29(34)27-25(20-10-5-4-6-11-20)24-18-15-19-9-7-8-12-23(19)26(24)32(27)28(33)21-13-16-22(31)17-14-21/h4-14,16-17,24-27H,15,18H2,1-3H3/t24-,25-,26+,27-/m1/s1. The van der Waals surface area contributed by atoms with Gasteiger partial charge in [0.1, 0.15) is 11.6 Å². The van der Waals surface area contributed by atoms with Crippen molar-refractivity contribution in [2.24, 2.45) is 5.92 Å². The Morgan fingerprint density at radius 2 is 1.57 bits per heavy atom. The number of aryl methyl sites for hydroxylation is 1. The highest BCUT2D eigenvalue weighted by Crippen LogP contribution is 2.55. The molecule has 0 spiro atoms. The zero-order valence-corrected chi connectivity index (χ0v) is 21.9. The molecule has 0 radical (unpaired) electrons. The molecule has 3 aromatic carbocycles. The summed E-state index contributed by atoms with van der Waals surface area (Å²) in [6, 6.07) is 25.0. The normalized spacial score (nSPS) is 23.4. The summed E-state index contributed by atoms with van der Waals surface area (Å²) in [6.45, 7) is 5.63. The highest BCUT2D eigenvalue weighted by atomic mass is 79.9. The van der Waals surface area contributed by atoms with E-state index in [9.17, 15) is 9.59 Å². The van der Waals surface area contributed by atoms with E-state index in [1.165, 1.54) is 5.56 Å². The van der Waals surface area contributed by atoms with E-state index in [-0.39, 0.29) is 29.8 Å². The van der Waals surface area contributed by atoms with Crippen molar-refractivity contribution in [2.75, 3.05) is 0 Å². The van der Waals surface area contributed by atoms with Crippen LogP contribution in [0.15, 0.2) is 83.3 Å². The van der Waals surface area contributed by atoms with Crippen LogP contribution < -0.4 is 0 Å². The predicted octanol–water partition coefficient (Wildman–Crippen LogP) is 6.70. The molecule has 1 aliphatic carbocycles. The van der Waals surface area contributed by atoms with Crippen molar-refractivity contribution in [2.45, 2.75) is 57.2 Å². The second-order valence-corrected chi connectivity index (χ2v) is 11.4. The minimum Gasteiger partial charge on any atom is -0.458 e. The van der Waals surface area contributed by atoms with E-state index >= 15 is 0 Å². The minimum atomic E-state index is -0.714. The third-order valence-corrected chi connectivity index (χ3v) is 7.61. The fourth-order valence-corrected chi connectivity index (χ4v) is 6.06. The van der Waals surface area contributed by atoms with E-state index in [4.69, 9.17) is 4.74 Å². The molecule has 1 saturated heterocycles. The van der Waals surface area contributed by atoms with Crippen LogP contribution in [0.2, 0.25) is 0 Å². The lowest BCUT2D eigenvalue weighted by Gasteiger charge is -2.35. The van der Waals surface area contributed by atoms with Crippen LogP contribution in [-0.4, -0.2) is 28.4 Å². The molecule has 5 heteroatoms. The number of hydrogen-bond acceptors (Lipinski definition) is 3. The molecular formula is C30H30BrNO3. The number of benzene rings is 3. The maximum atomic E-state index is 14.2. The van der Waals surface area contributed by atoms with Crippen LogP contribution in [0.1, 0.15) is 66.2 Å². The SMILES string of the molecule is CC(C)(C)OC(=O)[C@H]1[C@H](c2ccccc2)[C@H]2CCc3ccccc3[C@@H]2N1C(=O)c1ccc(Br)cc1. The monoisotopic (exact) mass is 531 g/mol. The van der Waals surface area contributed by atoms with Gasteiger partial charge in [0.15, 0.2) is 0 Å². The molecule has 0 N–H and O–H groups in total. The average Bonchev–Trinajstić information content (AvgIpc) is 3.19. The first-order valence-corrected chi connectivity index (χ1v) is 13.0. The minimum absolute atomic E-state index is 0.115. The highest BCUT2D eigenvalue weighted by molar-refractivity contribution is 9.10.